The normalized spacial score (nSPS) is 14.3. The molecule has 3 N–H and O–H groups in total. The third kappa shape index (κ3) is 69.0. The second-order valence-electron chi connectivity index (χ2n) is 28.1. The molecular weight excluding hydrogens is 1250 g/mol. The number of phosphoric ester groups is 2. The summed E-state index contributed by atoms with van der Waals surface area (Å²) in [5.74, 6) is -0.495. The minimum absolute atomic E-state index is 0.107. The molecule has 19 heteroatoms. The van der Waals surface area contributed by atoms with Crippen LogP contribution >= 0.6 is 15.6 Å². The number of aliphatic hydroxyl groups excluding tert-OH is 1. The molecule has 0 aromatic carbocycles. The monoisotopic (exact) mass is 1400 g/mol. The molecule has 0 aliphatic carbocycles. The Morgan fingerprint density at radius 1 is 0.305 bits per heavy atom. The zero-order chi connectivity index (χ0) is 70.0. The Kier molecular flexibility index (Phi) is 66.5. The Hall–Kier alpha value is -1.94. The van der Waals surface area contributed by atoms with Crippen molar-refractivity contribution in [1.29, 1.82) is 0 Å². The first-order valence-electron chi connectivity index (χ1n) is 39.5. The third-order valence-electron chi connectivity index (χ3n) is 18.1. The van der Waals surface area contributed by atoms with E-state index in [0.717, 1.165) is 102 Å². The summed E-state index contributed by atoms with van der Waals surface area (Å²) in [7, 11) is -9.91. The summed E-state index contributed by atoms with van der Waals surface area (Å²) in [6.45, 7) is 9.65. The standard InChI is InChI=1S/C76H148O17P2/c1-7-10-12-14-16-18-26-34-40-46-52-58-73(78)86-64-71(92-75(80)60-54-48-42-36-27-19-17-15-13-11-8-2)66-90-94(82,83)88-62-70(77)63-89-95(84,85)91-67-72(65-87-74(79)59-53-47-41-35-31-30-33-39-45-51-57-69(6)9-3)93-76(81)61-55-49-43-37-29-25-23-21-20-22-24-28-32-38-44-50-56-68(4)5/h68-72,77H,7-67H2,1-6H3,(H,82,83)(H,84,85)/t69?,70-,71+,72+/m0/s1. The fraction of sp³-hybridized carbons (Fsp3) is 0.947. The van der Waals surface area contributed by atoms with Crippen molar-refractivity contribution in [3.05, 3.63) is 0 Å². The van der Waals surface area contributed by atoms with Gasteiger partial charge in [-0.05, 0) is 37.5 Å². The second kappa shape index (κ2) is 67.9. The Morgan fingerprint density at radius 3 is 0.800 bits per heavy atom. The molecule has 0 heterocycles. The van der Waals surface area contributed by atoms with E-state index in [1.54, 1.807) is 0 Å². The number of carbonyl (C=O) groups is 4. The number of carbonyl (C=O) groups excluding carboxylic acids is 4. The molecule has 3 unspecified atom stereocenters. The summed E-state index contributed by atoms with van der Waals surface area (Å²) in [6, 6.07) is 0. The fourth-order valence-electron chi connectivity index (χ4n) is 11.6. The van der Waals surface area contributed by atoms with Gasteiger partial charge in [0.1, 0.15) is 19.3 Å². The highest BCUT2D eigenvalue weighted by Crippen LogP contribution is 2.45. The zero-order valence-electron chi connectivity index (χ0n) is 62.0. The topological polar surface area (TPSA) is 237 Å². The highest BCUT2D eigenvalue weighted by Gasteiger charge is 2.30. The van der Waals surface area contributed by atoms with Crippen molar-refractivity contribution in [3.8, 4) is 0 Å². The molecule has 0 saturated carbocycles. The SMILES string of the molecule is CCCCCCCCCCCCCC(=O)OC[C@H](COP(=O)(O)OC[C@H](O)COP(=O)(O)OC[C@@H](COC(=O)CCCCCCCCCCCCC(C)CC)OC(=O)CCCCCCCCCCCCCCCCCCC(C)C)OC(=O)CCCCCCCCCCCCC. The van der Waals surface area contributed by atoms with E-state index in [1.807, 2.05) is 0 Å². The molecule has 0 bridgehead atoms. The molecule has 0 fully saturated rings. The van der Waals surface area contributed by atoms with Crippen molar-refractivity contribution < 1.29 is 80.2 Å². The number of esters is 4. The number of unbranched alkanes of at least 4 members (excludes halogenated alkanes) is 44. The van der Waals surface area contributed by atoms with E-state index in [4.69, 9.17) is 37.0 Å². The summed E-state index contributed by atoms with van der Waals surface area (Å²) in [5, 5.41) is 10.6. The van der Waals surface area contributed by atoms with E-state index in [0.29, 0.717) is 25.7 Å². The number of hydrogen-bond donors (Lipinski definition) is 3. The molecule has 0 aromatic rings. The summed E-state index contributed by atoms with van der Waals surface area (Å²) < 4.78 is 68.5. The van der Waals surface area contributed by atoms with Crippen LogP contribution in [-0.2, 0) is 65.4 Å². The van der Waals surface area contributed by atoms with Crippen LogP contribution < -0.4 is 0 Å². The van der Waals surface area contributed by atoms with Crippen LogP contribution in [0.15, 0.2) is 0 Å². The Bertz CT molecular complexity index is 1840. The minimum atomic E-state index is -4.96. The maximum atomic E-state index is 13.1. The molecule has 6 atom stereocenters. The predicted molar refractivity (Wildman–Crippen MR) is 386 cm³/mol. The third-order valence-corrected chi connectivity index (χ3v) is 20.0. The van der Waals surface area contributed by atoms with E-state index in [2.05, 4.69) is 41.5 Å². The van der Waals surface area contributed by atoms with Crippen LogP contribution in [0.5, 0.6) is 0 Å². The van der Waals surface area contributed by atoms with Crippen molar-refractivity contribution in [2.24, 2.45) is 11.8 Å². The Labute approximate surface area is 581 Å². The van der Waals surface area contributed by atoms with Gasteiger partial charge in [-0.3, -0.25) is 37.3 Å². The van der Waals surface area contributed by atoms with Crippen molar-refractivity contribution in [2.45, 2.75) is 413 Å². The molecule has 0 saturated heterocycles. The van der Waals surface area contributed by atoms with E-state index in [9.17, 15) is 43.2 Å². The highest BCUT2D eigenvalue weighted by molar-refractivity contribution is 7.47. The molecule has 0 aliphatic heterocycles. The molecule has 0 spiro atoms. The van der Waals surface area contributed by atoms with E-state index >= 15 is 0 Å². The number of ether oxygens (including phenoxy) is 4. The van der Waals surface area contributed by atoms with Crippen LogP contribution in [0.3, 0.4) is 0 Å². The van der Waals surface area contributed by atoms with Gasteiger partial charge in [0.25, 0.3) is 0 Å². The van der Waals surface area contributed by atoms with Crippen LogP contribution in [0.1, 0.15) is 395 Å². The van der Waals surface area contributed by atoms with E-state index < -0.39 is 97.5 Å². The van der Waals surface area contributed by atoms with Gasteiger partial charge in [-0.25, -0.2) is 9.13 Å². The maximum Gasteiger partial charge on any atom is 0.472 e. The lowest BCUT2D eigenvalue weighted by molar-refractivity contribution is -0.161. The molecule has 95 heavy (non-hydrogen) atoms. The lowest BCUT2D eigenvalue weighted by Crippen LogP contribution is -2.30. The first kappa shape index (κ1) is 93.1. The summed E-state index contributed by atoms with van der Waals surface area (Å²) >= 11 is 0. The van der Waals surface area contributed by atoms with Crippen LogP contribution in [-0.4, -0.2) is 96.7 Å². The largest absolute Gasteiger partial charge is 0.472 e. The predicted octanol–water partition coefficient (Wildman–Crippen LogP) is 22.3. The highest BCUT2D eigenvalue weighted by atomic mass is 31.2. The Morgan fingerprint density at radius 2 is 0.537 bits per heavy atom. The summed E-state index contributed by atoms with van der Waals surface area (Å²) in [6.07, 6.45) is 55.3. The van der Waals surface area contributed by atoms with Crippen LogP contribution in [0, 0.1) is 11.8 Å². The van der Waals surface area contributed by atoms with Gasteiger partial charge in [0.15, 0.2) is 12.2 Å². The van der Waals surface area contributed by atoms with Crippen molar-refractivity contribution in [1.82, 2.24) is 0 Å². The number of hydrogen-bond acceptors (Lipinski definition) is 15. The molecule has 17 nitrogen and oxygen atoms in total. The molecule has 0 radical (unpaired) electrons. The summed E-state index contributed by atoms with van der Waals surface area (Å²) in [4.78, 5) is 72.8. The fourth-order valence-corrected chi connectivity index (χ4v) is 13.2. The van der Waals surface area contributed by atoms with Gasteiger partial charge in [-0.15, -0.1) is 0 Å². The Balaban J connectivity index is 5.23. The minimum Gasteiger partial charge on any atom is -0.462 e. The average molecular weight is 1400 g/mol. The lowest BCUT2D eigenvalue weighted by atomic mass is 9.99. The van der Waals surface area contributed by atoms with Gasteiger partial charge in [0.2, 0.25) is 0 Å². The van der Waals surface area contributed by atoms with E-state index in [1.165, 1.54) is 212 Å². The van der Waals surface area contributed by atoms with E-state index in [-0.39, 0.29) is 25.7 Å². The first-order valence-corrected chi connectivity index (χ1v) is 42.5. The molecule has 0 amide bonds. The zero-order valence-corrected chi connectivity index (χ0v) is 63.8. The summed E-state index contributed by atoms with van der Waals surface area (Å²) in [5.41, 5.74) is 0. The molecule has 0 aromatic heterocycles. The first-order chi connectivity index (χ1) is 45.9. The van der Waals surface area contributed by atoms with Gasteiger partial charge in [-0.2, -0.15) is 0 Å². The van der Waals surface area contributed by atoms with Gasteiger partial charge in [-0.1, -0.05) is 343 Å². The molecular formula is C76H148O17P2. The van der Waals surface area contributed by atoms with Crippen molar-refractivity contribution >= 4 is 39.5 Å². The second-order valence-corrected chi connectivity index (χ2v) is 31.0. The van der Waals surface area contributed by atoms with Gasteiger partial charge < -0.3 is 33.8 Å². The van der Waals surface area contributed by atoms with Crippen LogP contribution in [0.25, 0.3) is 0 Å². The number of phosphoric acid groups is 2. The number of rotatable bonds is 75. The van der Waals surface area contributed by atoms with Crippen molar-refractivity contribution in [2.75, 3.05) is 39.6 Å². The average Bonchev–Trinajstić information content (AvgIpc) is 2.56. The smallest absolute Gasteiger partial charge is 0.462 e. The van der Waals surface area contributed by atoms with Gasteiger partial charge in [0.05, 0.1) is 26.4 Å². The van der Waals surface area contributed by atoms with Crippen molar-refractivity contribution in [3.63, 3.8) is 0 Å². The molecule has 0 rings (SSSR count). The van der Waals surface area contributed by atoms with Gasteiger partial charge in [0, 0.05) is 25.7 Å². The van der Waals surface area contributed by atoms with Crippen LogP contribution in [0.4, 0.5) is 0 Å². The lowest BCUT2D eigenvalue weighted by Gasteiger charge is -2.21. The molecule has 0 aliphatic rings. The van der Waals surface area contributed by atoms with Crippen LogP contribution in [0.2, 0.25) is 0 Å². The quantitative estimate of drug-likeness (QED) is 0.0222. The maximum absolute atomic E-state index is 13.1. The van der Waals surface area contributed by atoms with Gasteiger partial charge >= 0.3 is 39.5 Å². The molecule has 564 valence electrons. The number of aliphatic hydroxyl groups is 1.